The van der Waals surface area contributed by atoms with Gasteiger partial charge in [0, 0.05) is 12.2 Å². The topological polar surface area (TPSA) is 78.9 Å². The standard InChI is InChI=1S/C18H18Cl2N2O4/c1-26-14-5-3-13(4-6-14)22(11-18(24)25)10-17(23)21-9-12-2-7-15(19)16(20)8-12/h2-8H,9-11H2,1H3,(H,21,23)(H,24,25). The van der Waals surface area contributed by atoms with E-state index in [0.29, 0.717) is 21.5 Å². The Morgan fingerprint density at radius 3 is 2.35 bits per heavy atom. The van der Waals surface area contributed by atoms with Crippen LogP contribution in [0, 0.1) is 0 Å². The van der Waals surface area contributed by atoms with E-state index in [-0.39, 0.29) is 25.5 Å². The summed E-state index contributed by atoms with van der Waals surface area (Å²) in [4.78, 5) is 24.8. The van der Waals surface area contributed by atoms with Crippen LogP contribution in [0.5, 0.6) is 5.75 Å². The molecule has 2 aromatic rings. The van der Waals surface area contributed by atoms with Crippen LogP contribution in [0.1, 0.15) is 5.56 Å². The molecular weight excluding hydrogens is 379 g/mol. The van der Waals surface area contributed by atoms with E-state index in [1.54, 1.807) is 49.6 Å². The summed E-state index contributed by atoms with van der Waals surface area (Å²) >= 11 is 11.8. The summed E-state index contributed by atoms with van der Waals surface area (Å²) in [6.07, 6.45) is 0. The average molecular weight is 397 g/mol. The molecule has 138 valence electrons. The van der Waals surface area contributed by atoms with E-state index in [4.69, 9.17) is 33.0 Å². The molecule has 6 nitrogen and oxygen atoms in total. The minimum Gasteiger partial charge on any atom is -0.497 e. The SMILES string of the molecule is COc1ccc(N(CC(=O)O)CC(=O)NCc2ccc(Cl)c(Cl)c2)cc1. The van der Waals surface area contributed by atoms with Crippen molar-refractivity contribution in [1.29, 1.82) is 0 Å². The fourth-order valence-corrected chi connectivity index (χ4v) is 2.59. The van der Waals surface area contributed by atoms with E-state index >= 15 is 0 Å². The Balaban J connectivity index is 2.00. The number of ether oxygens (including phenoxy) is 1. The van der Waals surface area contributed by atoms with Crippen molar-refractivity contribution in [2.24, 2.45) is 0 Å². The number of nitrogens with one attached hydrogen (secondary N) is 1. The van der Waals surface area contributed by atoms with E-state index in [2.05, 4.69) is 5.32 Å². The van der Waals surface area contributed by atoms with Gasteiger partial charge in [0.15, 0.2) is 0 Å². The fraction of sp³-hybridized carbons (Fsp3) is 0.222. The first-order valence-electron chi connectivity index (χ1n) is 7.70. The summed E-state index contributed by atoms with van der Waals surface area (Å²) in [5, 5.41) is 12.7. The molecule has 2 rings (SSSR count). The number of rotatable bonds is 8. The highest BCUT2D eigenvalue weighted by Gasteiger charge is 2.15. The number of hydrogen-bond donors (Lipinski definition) is 2. The molecule has 0 saturated heterocycles. The molecule has 0 saturated carbocycles. The van der Waals surface area contributed by atoms with Gasteiger partial charge in [-0.05, 0) is 42.0 Å². The van der Waals surface area contributed by atoms with Crippen LogP contribution in [-0.2, 0) is 16.1 Å². The monoisotopic (exact) mass is 396 g/mol. The van der Waals surface area contributed by atoms with Gasteiger partial charge >= 0.3 is 5.97 Å². The highest BCUT2D eigenvalue weighted by atomic mass is 35.5. The van der Waals surface area contributed by atoms with Gasteiger partial charge in [0.1, 0.15) is 12.3 Å². The van der Waals surface area contributed by atoms with E-state index in [9.17, 15) is 9.59 Å². The maximum atomic E-state index is 12.2. The highest BCUT2D eigenvalue weighted by Crippen LogP contribution is 2.22. The number of amides is 1. The minimum absolute atomic E-state index is 0.0973. The Hall–Kier alpha value is -2.44. The molecular formula is C18H18Cl2N2O4. The van der Waals surface area contributed by atoms with Gasteiger partial charge in [-0.3, -0.25) is 9.59 Å². The number of halogens is 2. The molecule has 0 spiro atoms. The van der Waals surface area contributed by atoms with Crippen LogP contribution in [0.15, 0.2) is 42.5 Å². The number of carbonyl (C=O) groups excluding carboxylic acids is 1. The Labute approximate surface area is 161 Å². The van der Waals surface area contributed by atoms with Gasteiger partial charge < -0.3 is 20.1 Å². The lowest BCUT2D eigenvalue weighted by Gasteiger charge is -2.22. The van der Waals surface area contributed by atoms with Gasteiger partial charge in [-0.1, -0.05) is 29.3 Å². The van der Waals surface area contributed by atoms with Crippen LogP contribution >= 0.6 is 23.2 Å². The molecule has 26 heavy (non-hydrogen) atoms. The lowest BCUT2D eigenvalue weighted by Crippen LogP contribution is -2.39. The molecule has 0 aromatic heterocycles. The maximum Gasteiger partial charge on any atom is 0.323 e. The Bertz CT molecular complexity index is 781. The lowest BCUT2D eigenvalue weighted by atomic mass is 10.2. The second kappa shape index (κ2) is 9.31. The number of anilines is 1. The Morgan fingerprint density at radius 1 is 1.08 bits per heavy atom. The van der Waals surface area contributed by atoms with E-state index in [1.807, 2.05) is 0 Å². The molecule has 2 aromatic carbocycles. The van der Waals surface area contributed by atoms with E-state index in [1.165, 1.54) is 4.90 Å². The number of hydrogen-bond acceptors (Lipinski definition) is 4. The van der Waals surface area contributed by atoms with Crippen molar-refractivity contribution in [3.05, 3.63) is 58.1 Å². The Morgan fingerprint density at radius 2 is 1.77 bits per heavy atom. The fourth-order valence-electron chi connectivity index (χ4n) is 2.27. The summed E-state index contributed by atoms with van der Waals surface area (Å²) in [6.45, 7) is -0.133. The van der Waals surface area contributed by atoms with Crippen molar-refractivity contribution >= 4 is 40.8 Å². The number of methoxy groups -OCH3 is 1. The van der Waals surface area contributed by atoms with Gasteiger partial charge in [-0.2, -0.15) is 0 Å². The van der Waals surface area contributed by atoms with Crippen molar-refractivity contribution in [2.75, 3.05) is 25.1 Å². The van der Waals surface area contributed by atoms with Crippen LogP contribution in [0.4, 0.5) is 5.69 Å². The average Bonchev–Trinajstić information content (AvgIpc) is 2.62. The van der Waals surface area contributed by atoms with Crippen molar-refractivity contribution < 1.29 is 19.4 Å². The molecule has 2 N–H and O–H groups in total. The van der Waals surface area contributed by atoms with Crippen LogP contribution in [0.3, 0.4) is 0 Å². The molecule has 0 aliphatic carbocycles. The largest absolute Gasteiger partial charge is 0.497 e. The second-order valence-corrected chi connectivity index (χ2v) is 6.29. The molecule has 0 heterocycles. The van der Waals surface area contributed by atoms with Crippen LogP contribution < -0.4 is 15.0 Å². The zero-order valence-corrected chi connectivity index (χ0v) is 15.5. The predicted molar refractivity (Wildman–Crippen MR) is 101 cm³/mol. The van der Waals surface area contributed by atoms with Crippen molar-refractivity contribution in [3.8, 4) is 5.75 Å². The third kappa shape index (κ3) is 5.82. The first kappa shape index (κ1) is 19.9. The first-order valence-corrected chi connectivity index (χ1v) is 8.46. The molecule has 0 radical (unpaired) electrons. The summed E-state index contributed by atoms with van der Waals surface area (Å²) in [5.41, 5.74) is 1.40. The van der Waals surface area contributed by atoms with Gasteiger partial charge in [-0.15, -0.1) is 0 Å². The molecule has 0 aliphatic heterocycles. The zero-order valence-electron chi connectivity index (χ0n) is 14.0. The first-order chi connectivity index (χ1) is 12.4. The number of carboxylic acid groups (broad SMARTS) is 1. The molecule has 1 amide bonds. The molecule has 0 aliphatic rings. The van der Waals surface area contributed by atoms with E-state index < -0.39 is 5.97 Å². The molecule has 8 heteroatoms. The van der Waals surface area contributed by atoms with Gasteiger partial charge in [-0.25, -0.2) is 0 Å². The zero-order chi connectivity index (χ0) is 19.1. The van der Waals surface area contributed by atoms with Gasteiger partial charge in [0.05, 0.1) is 23.7 Å². The molecule has 0 unspecified atom stereocenters. The third-order valence-electron chi connectivity index (χ3n) is 3.57. The maximum absolute atomic E-state index is 12.2. The molecule has 0 bridgehead atoms. The quantitative estimate of drug-likeness (QED) is 0.715. The van der Waals surface area contributed by atoms with Crippen molar-refractivity contribution in [2.45, 2.75) is 6.54 Å². The van der Waals surface area contributed by atoms with Crippen molar-refractivity contribution in [1.82, 2.24) is 5.32 Å². The highest BCUT2D eigenvalue weighted by molar-refractivity contribution is 6.42. The summed E-state index contributed by atoms with van der Waals surface area (Å²) in [7, 11) is 1.54. The number of nitrogens with zero attached hydrogens (tertiary/aromatic N) is 1. The third-order valence-corrected chi connectivity index (χ3v) is 4.31. The van der Waals surface area contributed by atoms with Gasteiger partial charge in [0.2, 0.25) is 5.91 Å². The predicted octanol–water partition coefficient (Wildman–Crippen LogP) is 3.21. The number of aliphatic carboxylic acids is 1. The smallest absolute Gasteiger partial charge is 0.323 e. The number of benzene rings is 2. The normalized spacial score (nSPS) is 10.3. The van der Waals surface area contributed by atoms with Crippen LogP contribution in [0.2, 0.25) is 10.0 Å². The number of carboxylic acids is 1. The second-order valence-electron chi connectivity index (χ2n) is 5.47. The molecule has 0 atom stereocenters. The molecule has 0 fully saturated rings. The number of carbonyl (C=O) groups is 2. The Kier molecular flexibility index (Phi) is 7.12. The minimum atomic E-state index is -1.03. The van der Waals surface area contributed by atoms with Gasteiger partial charge in [0.25, 0.3) is 0 Å². The van der Waals surface area contributed by atoms with E-state index in [0.717, 1.165) is 5.56 Å². The lowest BCUT2D eigenvalue weighted by molar-refractivity contribution is -0.135. The summed E-state index contributed by atoms with van der Waals surface area (Å²) in [6, 6.07) is 11.9. The van der Waals surface area contributed by atoms with Crippen LogP contribution in [0.25, 0.3) is 0 Å². The van der Waals surface area contributed by atoms with Crippen molar-refractivity contribution in [3.63, 3.8) is 0 Å². The van der Waals surface area contributed by atoms with Crippen LogP contribution in [-0.4, -0.2) is 37.2 Å². The summed E-state index contributed by atoms with van der Waals surface area (Å²) < 4.78 is 5.08. The summed E-state index contributed by atoms with van der Waals surface area (Å²) in [5.74, 6) is -0.695.